The Hall–Kier alpha value is -2.62. The molecule has 0 aliphatic carbocycles. The van der Waals surface area contributed by atoms with E-state index in [0.717, 1.165) is 22.4 Å². The third kappa shape index (κ3) is 2.60. The lowest BCUT2D eigenvalue weighted by atomic mass is 9.98. The molecule has 0 radical (unpaired) electrons. The van der Waals surface area contributed by atoms with Crippen LogP contribution in [-0.4, -0.2) is 23.8 Å². The summed E-state index contributed by atoms with van der Waals surface area (Å²) in [7, 11) is 1.63. The molecule has 1 saturated heterocycles. The Morgan fingerprint density at radius 3 is 2.18 bits per heavy atom. The lowest BCUT2D eigenvalue weighted by Gasteiger charge is -2.18. The van der Waals surface area contributed by atoms with Gasteiger partial charge in [0, 0.05) is 18.4 Å². The Morgan fingerprint density at radius 1 is 0.909 bits per heavy atom. The van der Waals surface area contributed by atoms with Gasteiger partial charge in [0.15, 0.2) is 0 Å². The van der Waals surface area contributed by atoms with Crippen LogP contribution in [0.2, 0.25) is 0 Å². The molecule has 4 nitrogen and oxygen atoms in total. The van der Waals surface area contributed by atoms with E-state index in [4.69, 9.17) is 4.74 Å². The maximum absolute atomic E-state index is 11.8. The maximum atomic E-state index is 11.8. The van der Waals surface area contributed by atoms with E-state index in [9.17, 15) is 9.59 Å². The molecule has 1 aliphatic heterocycles. The predicted octanol–water partition coefficient (Wildman–Crippen LogP) is 3.01. The highest BCUT2D eigenvalue weighted by atomic mass is 16.5. The fourth-order valence-corrected chi connectivity index (χ4v) is 2.76. The Balaban J connectivity index is 2.00. The number of rotatable bonds is 4. The third-order valence-corrected chi connectivity index (χ3v) is 3.90. The van der Waals surface area contributed by atoms with Crippen molar-refractivity contribution >= 4 is 11.8 Å². The van der Waals surface area contributed by atoms with Gasteiger partial charge in [-0.1, -0.05) is 42.5 Å². The van der Waals surface area contributed by atoms with Gasteiger partial charge in [-0.05, 0) is 17.2 Å². The summed E-state index contributed by atoms with van der Waals surface area (Å²) in [6.07, 6.45) is 0.630. The summed E-state index contributed by atoms with van der Waals surface area (Å²) in [6, 6.07) is 15.5. The Kier molecular flexibility index (Phi) is 3.92. The summed E-state index contributed by atoms with van der Waals surface area (Å²) < 4.78 is 5.42. The van der Waals surface area contributed by atoms with Gasteiger partial charge in [-0.25, -0.2) is 0 Å². The highest BCUT2D eigenvalue weighted by Crippen LogP contribution is 2.33. The first kappa shape index (κ1) is 14.3. The molecule has 112 valence electrons. The number of benzene rings is 2. The molecular formula is C18H17NO3. The highest BCUT2D eigenvalue weighted by molar-refractivity contribution is 6.02. The van der Waals surface area contributed by atoms with Gasteiger partial charge in [0.05, 0.1) is 13.7 Å². The van der Waals surface area contributed by atoms with Crippen LogP contribution in [0.25, 0.3) is 11.1 Å². The molecule has 1 fully saturated rings. The number of likely N-dealkylation sites (tertiary alicyclic amines) is 1. The zero-order valence-electron chi connectivity index (χ0n) is 12.4. The molecule has 0 bridgehead atoms. The number of carbonyl (C=O) groups excluding carboxylic acids is 2. The quantitative estimate of drug-likeness (QED) is 0.815. The van der Waals surface area contributed by atoms with E-state index in [0.29, 0.717) is 19.4 Å². The summed E-state index contributed by atoms with van der Waals surface area (Å²) in [4.78, 5) is 25.0. The van der Waals surface area contributed by atoms with Gasteiger partial charge in [-0.2, -0.15) is 0 Å². The van der Waals surface area contributed by atoms with Crippen molar-refractivity contribution in [2.75, 3.05) is 7.11 Å². The predicted molar refractivity (Wildman–Crippen MR) is 83.2 cm³/mol. The Morgan fingerprint density at radius 2 is 1.50 bits per heavy atom. The molecular weight excluding hydrogens is 278 g/mol. The van der Waals surface area contributed by atoms with E-state index in [-0.39, 0.29) is 11.8 Å². The molecule has 0 atom stereocenters. The topological polar surface area (TPSA) is 46.6 Å². The van der Waals surface area contributed by atoms with E-state index in [1.54, 1.807) is 7.11 Å². The summed E-state index contributed by atoms with van der Waals surface area (Å²) >= 11 is 0. The van der Waals surface area contributed by atoms with Gasteiger partial charge < -0.3 is 4.74 Å². The molecule has 0 aromatic heterocycles. The van der Waals surface area contributed by atoms with Crippen LogP contribution in [0.4, 0.5) is 0 Å². The van der Waals surface area contributed by atoms with Crippen molar-refractivity contribution in [2.24, 2.45) is 0 Å². The Labute approximate surface area is 129 Å². The van der Waals surface area contributed by atoms with Crippen LogP contribution in [0.3, 0.4) is 0 Å². The first-order valence-electron chi connectivity index (χ1n) is 7.25. The van der Waals surface area contributed by atoms with Gasteiger partial charge in [0.25, 0.3) is 0 Å². The van der Waals surface area contributed by atoms with Crippen molar-refractivity contribution in [2.45, 2.75) is 19.4 Å². The molecule has 0 N–H and O–H groups in total. The monoisotopic (exact) mass is 295 g/mol. The minimum atomic E-state index is -0.0974. The lowest BCUT2D eigenvalue weighted by molar-refractivity contribution is -0.139. The van der Waals surface area contributed by atoms with Crippen molar-refractivity contribution in [3.05, 3.63) is 54.1 Å². The Bertz CT molecular complexity index is 708. The van der Waals surface area contributed by atoms with Gasteiger partial charge in [-0.15, -0.1) is 0 Å². The number of hydrogen-bond donors (Lipinski definition) is 0. The van der Waals surface area contributed by atoms with E-state index >= 15 is 0 Å². The number of para-hydroxylation sites is 1. The average Bonchev–Trinajstić information content (AvgIpc) is 2.87. The molecule has 2 aromatic carbocycles. The standard InChI is InChI=1S/C18H17NO3/c1-22-16-9-5-4-8-15(16)14-7-3-2-6-13(14)12-19-17(20)10-11-18(19)21/h2-9H,10-12H2,1H3. The van der Waals surface area contributed by atoms with Crippen molar-refractivity contribution < 1.29 is 14.3 Å². The number of carbonyl (C=O) groups is 2. The SMILES string of the molecule is COc1ccccc1-c1ccccc1CN1C(=O)CCC1=O. The van der Waals surface area contributed by atoms with Crippen LogP contribution in [-0.2, 0) is 16.1 Å². The normalized spacial score (nSPS) is 14.5. The molecule has 22 heavy (non-hydrogen) atoms. The molecule has 4 heteroatoms. The summed E-state index contributed by atoms with van der Waals surface area (Å²) in [5, 5.41) is 0. The second-order valence-corrected chi connectivity index (χ2v) is 5.23. The van der Waals surface area contributed by atoms with Crippen molar-refractivity contribution in [1.82, 2.24) is 4.90 Å². The zero-order valence-corrected chi connectivity index (χ0v) is 12.4. The van der Waals surface area contributed by atoms with Crippen LogP contribution in [0.5, 0.6) is 5.75 Å². The number of amides is 2. The minimum absolute atomic E-state index is 0.0974. The molecule has 1 heterocycles. The largest absolute Gasteiger partial charge is 0.496 e. The van der Waals surface area contributed by atoms with Crippen molar-refractivity contribution in [3.63, 3.8) is 0 Å². The molecule has 0 unspecified atom stereocenters. The van der Waals surface area contributed by atoms with Gasteiger partial charge in [0.1, 0.15) is 5.75 Å². The van der Waals surface area contributed by atoms with Crippen LogP contribution in [0.1, 0.15) is 18.4 Å². The van der Waals surface area contributed by atoms with Crippen LogP contribution in [0.15, 0.2) is 48.5 Å². The number of nitrogens with zero attached hydrogens (tertiary/aromatic N) is 1. The van der Waals surface area contributed by atoms with Crippen LogP contribution < -0.4 is 4.74 Å². The van der Waals surface area contributed by atoms with E-state index in [2.05, 4.69) is 0 Å². The number of ether oxygens (including phenoxy) is 1. The number of methoxy groups -OCH3 is 1. The number of imide groups is 1. The molecule has 3 rings (SSSR count). The van der Waals surface area contributed by atoms with E-state index in [1.807, 2.05) is 48.5 Å². The van der Waals surface area contributed by atoms with E-state index in [1.165, 1.54) is 4.90 Å². The minimum Gasteiger partial charge on any atom is -0.496 e. The highest BCUT2D eigenvalue weighted by Gasteiger charge is 2.29. The summed E-state index contributed by atoms with van der Waals surface area (Å²) in [5.41, 5.74) is 2.88. The first-order valence-corrected chi connectivity index (χ1v) is 7.25. The molecule has 2 aromatic rings. The first-order chi connectivity index (χ1) is 10.7. The van der Waals surface area contributed by atoms with Crippen molar-refractivity contribution in [1.29, 1.82) is 0 Å². The molecule has 2 amide bonds. The maximum Gasteiger partial charge on any atom is 0.229 e. The second kappa shape index (κ2) is 6.02. The van der Waals surface area contributed by atoms with Crippen LogP contribution >= 0.6 is 0 Å². The fraction of sp³-hybridized carbons (Fsp3) is 0.222. The third-order valence-electron chi connectivity index (χ3n) is 3.90. The van der Waals surface area contributed by atoms with Gasteiger partial charge in [-0.3, -0.25) is 14.5 Å². The smallest absolute Gasteiger partial charge is 0.229 e. The van der Waals surface area contributed by atoms with Gasteiger partial charge in [0.2, 0.25) is 11.8 Å². The molecule has 0 saturated carbocycles. The molecule has 0 spiro atoms. The van der Waals surface area contributed by atoms with Gasteiger partial charge >= 0.3 is 0 Å². The molecule has 1 aliphatic rings. The van der Waals surface area contributed by atoms with Crippen molar-refractivity contribution in [3.8, 4) is 16.9 Å². The number of hydrogen-bond acceptors (Lipinski definition) is 3. The van der Waals surface area contributed by atoms with E-state index < -0.39 is 0 Å². The summed E-state index contributed by atoms with van der Waals surface area (Å²) in [5.74, 6) is 0.577. The second-order valence-electron chi connectivity index (χ2n) is 5.23. The zero-order chi connectivity index (χ0) is 15.5. The average molecular weight is 295 g/mol. The van der Waals surface area contributed by atoms with Crippen LogP contribution in [0, 0.1) is 0 Å². The summed E-state index contributed by atoms with van der Waals surface area (Å²) in [6.45, 7) is 0.311. The fourth-order valence-electron chi connectivity index (χ4n) is 2.76. The lowest BCUT2D eigenvalue weighted by Crippen LogP contribution is -2.28.